The first-order chi connectivity index (χ1) is 16.9. The first-order valence-electron chi connectivity index (χ1n) is 11.0. The predicted molar refractivity (Wildman–Crippen MR) is 126 cm³/mol. The van der Waals surface area contributed by atoms with Crippen LogP contribution in [0.4, 0.5) is 10.1 Å². The van der Waals surface area contributed by atoms with E-state index < -0.39 is 21.4 Å². The van der Waals surface area contributed by atoms with Crippen LogP contribution in [0.15, 0.2) is 36.4 Å². The Balaban J connectivity index is 1.70. The lowest BCUT2D eigenvalue weighted by atomic mass is 10.1. The molecule has 1 fully saturated rings. The van der Waals surface area contributed by atoms with E-state index in [9.17, 15) is 12.8 Å². The topological polar surface area (TPSA) is 96.9 Å². The Hall–Kier alpha value is -3.49. The molecule has 1 aromatic heterocycles. The molecule has 0 bridgehead atoms. The molecule has 1 saturated heterocycles. The van der Waals surface area contributed by atoms with Crippen molar-refractivity contribution in [2.24, 2.45) is 0 Å². The van der Waals surface area contributed by atoms with Crippen molar-refractivity contribution < 1.29 is 27.0 Å². The molecule has 184 valence electrons. The van der Waals surface area contributed by atoms with Crippen LogP contribution in [0.2, 0.25) is 0 Å². The summed E-state index contributed by atoms with van der Waals surface area (Å²) in [4.78, 5) is 3.30. The molecule has 3 aromatic rings. The van der Waals surface area contributed by atoms with Crippen LogP contribution in [0.3, 0.4) is 0 Å². The highest BCUT2D eigenvalue weighted by Gasteiger charge is 2.30. The van der Waals surface area contributed by atoms with Gasteiger partial charge in [-0.05, 0) is 49.1 Å². The highest BCUT2D eigenvalue weighted by molar-refractivity contribution is 7.90. The Morgan fingerprint density at radius 2 is 1.94 bits per heavy atom. The number of hydrogen-bond donors (Lipinski definition) is 0. The number of methoxy groups -OCH3 is 2. The molecule has 1 atom stereocenters. The molecule has 4 rings (SSSR count). The van der Waals surface area contributed by atoms with Crippen LogP contribution in [0, 0.1) is 12.4 Å². The summed E-state index contributed by atoms with van der Waals surface area (Å²) in [5.41, 5.74) is 1.06. The Kier molecular flexibility index (Phi) is 7.33. The number of para-hydroxylation sites is 1. The zero-order chi connectivity index (χ0) is 25.0. The van der Waals surface area contributed by atoms with Gasteiger partial charge in [-0.1, -0.05) is 12.1 Å². The van der Waals surface area contributed by atoms with E-state index >= 15 is 0 Å². The van der Waals surface area contributed by atoms with Gasteiger partial charge in [-0.2, -0.15) is 0 Å². The van der Waals surface area contributed by atoms with Gasteiger partial charge in [0, 0.05) is 6.61 Å². The second-order valence-corrected chi connectivity index (χ2v) is 10.2. The standard InChI is InChI=1S/C24H25FN4O5S/c1-26-18-14-17(25)10-9-16(18)11-13-35(30,31)15-22-27-28-24(21-8-5-12-34-21)29(22)23-19(32-2)6-4-7-20(23)33-3/h4,6-7,9-10,14,21H,5,8,11-13,15H2,2-3H3/t21-/m1/s1. The van der Waals surface area contributed by atoms with Crippen molar-refractivity contribution in [3.05, 3.63) is 70.8 Å². The van der Waals surface area contributed by atoms with Crippen LogP contribution in [0.1, 0.15) is 36.2 Å². The maximum atomic E-state index is 13.4. The Morgan fingerprint density at radius 3 is 2.57 bits per heavy atom. The summed E-state index contributed by atoms with van der Waals surface area (Å²) in [6.45, 7) is 7.81. The highest BCUT2D eigenvalue weighted by Crippen LogP contribution is 2.38. The van der Waals surface area contributed by atoms with Gasteiger partial charge in [-0.15, -0.1) is 10.2 Å². The fraction of sp³-hybridized carbons (Fsp3) is 0.375. The molecule has 0 spiro atoms. The average molecular weight is 501 g/mol. The molecule has 1 aliphatic heterocycles. The molecule has 0 aliphatic carbocycles. The number of halogens is 1. The van der Waals surface area contributed by atoms with E-state index in [0.29, 0.717) is 35.2 Å². The van der Waals surface area contributed by atoms with Crippen molar-refractivity contribution in [2.75, 3.05) is 26.6 Å². The fourth-order valence-corrected chi connectivity index (χ4v) is 5.35. The van der Waals surface area contributed by atoms with Crippen molar-refractivity contribution in [1.82, 2.24) is 14.8 Å². The molecular formula is C24H25FN4O5S. The van der Waals surface area contributed by atoms with E-state index in [1.165, 1.54) is 26.4 Å². The third kappa shape index (κ3) is 5.28. The van der Waals surface area contributed by atoms with E-state index in [4.69, 9.17) is 20.8 Å². The van der Waals surface area contributed by atoms with Gasteiger partial charge in [0.25, 0.3) is 0 Å². The minimum Gasteiger partial charge on any atom is -0.494 e. The summed E-state index contributed by atoms with van der Waals surface area (Å²) in [6.07, 6.45) is 1.32. The summed E-state index contributed by atoms with van der Waals surface area (Å²) in [5, 5.41) is 8.51. The molecule has 11 heteroatoms. The van der Waals surface area contributed by atoms with E-state index in [0.717, 1.165) is 18.9 Å². The number of ether oxygens (including phenoxy) is 3. The lowest BCUT2D eigenvalue weighted by Crippen LogP contribution is -2.17. The molecule has 2 heterocycles. The lowest BCUT2D eigenvalue weighted by molar-refractivity contribution is 0.103. The van der Waals surface area contributed by atoms with Crippen molar-refractivity contribution in [1.29, 1.82) is 0 Å². The number of sulfone groups is 1. The summed E-state index contributed by atoms with van der Waals surface area (Å²) in [6, 6.07) is 9.02. The van der Waals surface area contributed by atoms with Gasteiger partial charge in [-0.25, -0.2) is 17.7 Å². The monoisotopic (exact) mass is 500 g/mol. The Labute approximate surface area is 203 Å². The van der Waals surface area contributed by atoms with Crippen molar-refractivity contribution in [2.45, 2.75) is 31.1 Å². The third-order valence-corrected chi connectivity index (χ3v) is 7.32. The highest BCUT2D eigenvalue weighted by atomic mass is 32.2. The van der Waals surface area contributed by atoms with Crippen LogP contribution >= 0.6 is 0 Å². The van der Waals surface area contributed by atoms with E-state index in [1.807, 2.05) is 0 Å². The van der Waals surface area contributed by atoms with Gasteiger partial charge < -0.3 is 14.2 Å². The Bertz CT molecular complexity index is 1340. The molecule has 2 aromatic carbocycles. The van der Waals surface area contributed by atoms with E-state index in [-0.39, 0.29) is 29.8 Å². The number of aryl methyl sites for hydroxylation is 1. The SMILES string of the molecule is [C-]#[N+]c1cc(F)ccc1CCS(=O)(=O)Cc1nnc([C@H]2CCCO2)n1-c1c(OC)cccc1OC. The minimum absolute atomic E-state index is 0.0744. The first kappa shape index (κ1) is 24.6. The molecule has 0 N–H and O–H groups in total. The maximum absolute atomic E-state index is 13.4. The number of rotatable bonds is 9. The van der Waals surface area contributed by atoms with Gasteiger partial charge in [0.15, 0.2) is 27.2 Å². The maximum Gasteiger partial charge on any atom is 0.193 e. The summed E-state index contributed by atoms with van der Waals surface area (Å²) < 4.78 is 58.3. The van der Waals surface area contributed by atoms with Gasteiger partial charge in [0.2, 0.25) is 0 Å². The largest absolute Gasteiger partial charge is 0.494 e. The van der Waals surface area contributed by atoms with Crippen LogP contribution in [0.5, 0.6) is 11.5 Å². The summed E-state index contributed by atoms with van der Waals surface area (Å²) in [7, 11) is -0.658. The fourth-order valence-electron chi connectivity index (χ4n) is 4.10. The third-order valence-electron chi connectivity index (χ3n) is 5.80. The van der Waals surface area contributed by atoms with Gasteiger partial charge in [0.1, 0.15) is 34.9 Å². The zero-order valence-corrected chi connectivity index (χ0v) is 20.2. The van der Waals surface area contributed by atoms with Crippen LogP contribution < -0.4 is 9.47 Å². The quantitative estimate of drug-likeness (QED) is 0.410. The molecule has 0 saturated carbocycles. The van der Waals surface area contributed by atoms with E-state index in [2.05, 4.69) is 15.0 Å². The van der Waals surface area contributed by atoms with Gasteiger partial charge >= 0.3 is 0 Å². The normalized spacial score (nSPS) is 15.7. The summed E-state index contributed by atoms with van der Waals surface area (Å²) >= 11 is 0. The summed E-state index contributed by atoms with van der Waals surface area (Å²) in [5.74, 6) is 0.426. The Morgan fingerprint density at radius 1 is 1.20 bits per heavy atom. The number of benzene rings is 2. The first-order valence-corrected chi connectivity index (χ1v) is 12.8. The molecule has 1 aliphatic rings. The smallest absolute Gasteiger partial charge is 0.193 e. The van der Waals surface area contributed by atoms with Crippen molar-refractivity contribution >= 4 is 15.5 Å². The average Bonchev–Trinajstić information content (AvgIpc) is 3.52. The zero-order valence-electron chi connectivity index (χ0n) is 19.4. The molecule has 35 heavy (non-hydrogen) atoms. The lowest BCUT2D eigenvalue weighted by Gasteiger charge is -2.19. The molecule has 0 unspecified atom stereocenters. The second kappa shape index (κ2) is 10.4. The van der Waals surface area contributed by atoms with Crippen molar-refractivity contribution in [3.8, 4) is 17.2 Å². The number of nitrogens with zero attached hydrogens (tertiary/aromatic N) is 4. The van der Waals surface area contributed by atoms with Crippen LogP contribution in [-0.2, 0) is 26.7 Å². The van der Waals surface area contributed by atoms with Gasteiger partial charge in [0.05, 0.1) is 26.5 Å². The minimum atomic E-state index is -3.69. The van der Waals surface area contributed by atoms with Crippen LogP contribution in [0.25, 0.3) is 10.5 Å². The molecular weight excluding hydrogens is 475 g/mol. The second-order valence-electron chi connectivity index (χ2n) is 8.05. The molecule has 0 radical (unpaired) electrons. The number of aromatic nitrogens is 3. The molecule has 0 amide bonds. The predicted octanol–water partition coefficient (Wildman–Crippen LogP) is 3.98. The van der Waals surface area contributed by atoms with E-state index in [1.54, 1.807) is 22.8 Å². The van der Waals surface area contributed by atoms with Crippen molar-refractivity contribution in [3.63, 3.8) is 0 Å². The molecule has 9 nitrogen and oxygen atoms in total. The van der Waals surface area contributed by atoms with Gasteiger partial charge in [-0.3, -0.25) is 4.57 Å². The van der Waals surface area contributed by atoms with Crippen LogP contribution in [-0.4, -0.2) is 49.8 Å². The number of hydrogen-bond acceptors (Lipinski definition) is 7.